The van der Waals surface area contributed by atoms with Crippen LogP contribution in [0.4, 0.5) is 10.5 Å². The number of nitrogens with two attached hydrogens (primary N) is 1. The van der Waals surface area contributed by atoms with E-state index >= 15 is 0 Å². The molecule has 16 heavy (non-hydrogen) atoms. The number of primary amides is 1. The minimum atomic E-state index is -0.742. The number of non-ortho nitro benzene ring substituents is 1. The average Bonchev–Trinajstić information content (AvgIpc) is 2.26. The maximum atomic E-state index is 10.8. The normalized spacial score (nSPS) is 9.50. The van der Waals surface area contributed by atoms with Crippen molar-refractivity contribution in [2.75, 3.05) is 0 Å². The number of hydrogen-bond donors (Lipinski definition) is 2. The molecule has 0 atom stereocenters. The van der Waals surface area contributed by atoms with Crippen LogP contribution >= 0.6 is 0 Å². The van der Waals surface area contributed by atoms with E-state index in [1.807, 2.05) is 0 Å². The van der Waals surface area contributed by atoms with E-state index in [1.165, 1.54) is 24.3 Å². The van der Waals surface area contributed by atoms with Crippen molar-refractivity contribution in [1.29, 1.82) is 5.41 Å². The van der Waals surface area contributed by atoms with Crippen LogP contribution in [0.15, 0.2) is 24.3 Å². The Morgan fingerprint density at radius 1 is 1.50 bits per heavy atom. The third-order valence-electron chi connectivity index (χ3n) is 1.94. The van der Waals surface area contributed by atoms with Crippen LogP contribution in [-0.4, -0.2) is 22.2 Å². The molecule has 0 radical (unpaired) electrons. The highest BCUT2D eigenvalue weighted by atomic mass is 16.6. The monoisotopic (exact) mass is 222 g/mol. The number of nitro benzene ring substituents is 1. The molecular weight excluding hydrogens is 212 g/mol. The number of benzene rings is 1. The first kappa shape index (κ1) is 11.6. The van der Waals surface area contributed by atoms with Crippen LogP contribution in [0.5, 0.6) is 0 Å². The van der Waals surface area contributed by atoms with Gasteiger partial charge in [-0.25, -0.2) is 4.79 Å². The van der Waals surface area contributed by atoms with Crippen molar-refractivity contribution >= 4 is 18.1 Å². The minimum Gasteiger partial charge on any atom is -0.351 e. The van der Waals surface area contributed by atoms with E-state index in [9.17, 15) is 14.9 Å². The lowest BCUT2D eigenvalue weighted by Gasteiger charge is -2.13. The van der Waals surface area contributed by atoms with E-state index in [0.717, 1.165) is 11.2 Å². The van der Waals surface area contributed by atoms with Crippen molar-refractivity contribution in [1.82, 2.24) is 4.90 Å². The number of carbonyl (C=O) groups excluding carboxylic acids is 1. The zero-order valence-electron chi connectivity index (χ0n) is 8.29. The van der Waals surface area contributed by atoms with Gasteiger partial charge in [-0.2, -0.15) is 0 Å². The van der Waals surface area contributed by atoms with Crippen molar-refractivity contribution in [3.8, 4) is 0 Å². The molecule has 1 aromatic rings. The summed E-state index contributed by atoms with van der Waals surface area (Å²) in [5, 5.41) is 17.3. The average molecular weight is 222 g/mol. The van der Waals surface area contributed by atoms with Gasteiger partial charge in [-0.15, -0.1) is 0 Å². The standard InChI is InChI=1S/C9H10N4O3/c10-6-12(9(11)14)5-7-1-3-8(4-2-7)13(15)16/h1-4,6,10H,5H2,(H2,11,14). The number of nitrogens with zero attached hydrogens (tertiary/aromatic N) is 2. The van der Waals surface area contributed by atoms with Gasteiger partial charge in [-0.05, 0) is 5.56 Å². The van der Waals surface area contributed by atoms with Crippen LogP contribution in [0.3, 0.4) is 0 Å². The van der Waals surface area contributed by atoms with Gasteiger partial charge in [0.15, 0.2) is 0 Å². The lowest BCUT2D eigenvalue weighted by atomic mass is 10.2. The Kier molecular flexibility index (Phi) is 3.54. The van der Waals surface area contributed by atoms with E-state index in [4.69, 9.17) is 11.1 Å². The SMILES string of the molecule is N=CN(Cc1ccc([N+](=O)[O-])cc1)C(N)=O. The summed E-state index contributed by atoms with van der Waals surface area (Å²) < 4.78 is 0. The predicted molar refractivity (Wildman–Crippen MR) is 57.0 cm³/mol. The van der Waals surface area contributed by atoms with Crippen molar-refractivity contribution in [3.63, 3.8) is 0 Å². The van der Waals surface area contributed by atoms with E-state index < -0.39 is 11.0 Å². The number of hydrogen-bond acceptors (Lipinski definition) is 4. The third-order valence-corrected chi connectivity index (χ3v) is 1.94. The largest absolute Gasteiger partial charge is 0.351 e. The second kappa shape index (κ2) is 4.87. The van der Waals surface area contributed by atoms with E-state index in [1.54, 1.807) is 0 Å². The molecule has 7 nitrogen and oxygen atoms in total. The van der Waals surface area contributed by atoms with Gasteiger partial charge in [0, 0.05) is 12.1 Å². The Hall–Kier alpha value is -2.44. The maximum Gasteiger partial charge on any atom is 0.320 e. The molecule has 0 aliphatic heterocycles. The molecule has 3 N–H and O–H groups in total. The Bertz CT molecular complexity index is 415. The molecule has 1 aromatic carbocycles. The molecule has 1 rings (SSSR count). The highest BCUT2D eigenvalue weighted by molar-refractivity contribution is 5.83. The fraction of sp³-hybridized carbons (Fsp3) is 0.111. The fourth-order valence-corrected chi connectivity index (χ4v) is 1.11. The van der Waals surface area contributed by atoms with Crippen LogP contribution in [0.25, 0.3) is 0 Å². The first-order chi connectivity index (χ1) is 7.54. The summed E-state index contributed by atoms with van der Waals surface area (Å²) in [5.74, 6) is 0. The summed E-state index contributed by atoms with van der Waals surface area (Å²) in [4.78, 5) is 21.7. The van der Waals surface area contributed by atoms with Crippen LogP contribution in [0, 0.1) is 15.5 Å². The lowest BCUT2D eigenvalue weighted by molar-refractivity contribution is -0.384. The van der Waals surface area contributed by atoms with Gasteiger partial charge in [0.2, 0.25) is 0 Å². The molecule has 0 aliphatic carbocycles. The van der Waals surface area contributed by atoms with Crippen molar-refractivity contribution in [2.45, 2.75) is 6.54 Å². The number of amides is 2. The van der Waals surface area contributed by atoms with Crippen molar-refractivity contribution in [2.24, 2.45) is 5.73 Å². The quantitative estimate of drug-likeness (QED) is 0.344. The van der Waals surface area contributed by atoms with Crippen LogP contribution in [0.1, 0.15) is 5.56 Å². The molecule has 0 aromatic heterocycles. The Labute approximate surface area is 91.1 Å². The van der Waals surface area contributed by atoms with E-state index in [-0.39, 0.29) is 12.2 Å². The summed E-state index contributed by atoms with van der Waals surface area (Å²) in [6, 6.07) is 4.94. The Balaban J connectivity index is 2.78. The van der Waals surface area contributed by atoms with E-state index in [0.29, 0.717) is 5.56 Å². The molecule has 7 heteroatoms. The predicted octanol–water partition coefficient (Wildman–Crippen LogP) is 1.08. The zero-order valence-corrected chi connectivity index (χ0v) is 8.29. The summed E-state index contributed by atoms with van der Waals surface area (Å²) in [5.41, 5.74) is 5.64. The Morgan fingerprint density at radius 3 is 2.44 bits per heavy atom. The highest BCUT2D eigenvalue weighted by Crippen LogP contribution is 2.12. The molecule has 0 saturated carbocycles. The highest BCUT2D eigenvalue weighted by Gasteiger charge is 2.09. The van der Waals surface area contributed by atoms with Crippen LogP contribution in [-0.2, 0) is 6.54 Å². The first-order valence-corrected chi connectivity index (χ1v) is 4.34. The Morgan fingerprint density at radius 2 is 2.06 bits per heavy atom. The van der Waals surface area contributed by atoms with Gasteiger partial charge < -0.3 is 5.73 Å². The van der Waals surface area contributed by atoms with Gasteiger partial charge in [0.1, 0.15) is 0 Å². The van der Waals surface area contributed by atoms with Gasteiger partial charge in [0.05, 0.1) is 17.8 Å². The molecule has 0 unspecified atom stereocenters. The van der Waals surface area contributed by atoms with Crippen LogP contribution in [0.2, 0.25) is 0 Å². The van der Waals surface area contributed by atoms with E-state index in [2.05, 4.69) is 0 Å². The molecule has 0 heterocycles. The first-order valence-electron chi connectivity index (χ1n) is 4.34. The maximum absolute atomic E-state index is 10.8. The molecule has 0 fully saturated rings. The second-order valence-corrected chi connectivity index (χ2v) is 3.02. The summed E-state index contributed by atoms with van der Waals surface area (Å²) >= 11 is 0. The summed E-state index contributed by atoms with van der Waals surface area (Å²) in [6.07, 6.45) is 0.809. The molecule has 84 valence electrons. The van der Waals surface area contributed by atoms with Gasteiger partial charge >= 0.3 is 6.03 Å². The molecule has 0 aliphatic rings. The molecule has 2 amide bonds. The molecule has 0 saturated heterocycles. The number of carbonyl (C=O) groups is 1. The van der Waals surface area contributed by atoms with Crippen molar-refractivity contribution < 1.29 is 9.72 Å². The number of nitrogens with one attached hydrogen (secondary N) is 1. The molecule has 0 spiro atoms. The van der Waals surface area contributed by atoms with Crippen molar-refractivity contribution in [3.05, 3.63) is 39.9 Å². The topological polar surface area (TPSA) is 113 Å². The summed E-state index contributed by atoms with van der Waals surface area (Å²) in [7, 11) is 0. The molecular formula is C9H10N4O3. The number of rotatable bonds is 4. The lowest BCUT2D eigenvalue weighted by Crippen LogP contribution is -2.33. The fourth-order valence-electron chi connectivity index (χ4n) is 1.11. The summed E-state index contributed by atoms with van der Waals surface area (Å²) in [6.45, 7) is 0.122. The van der Waals surface area contributed by atoms with Gasteiger partial charge in [-0.3, -0.25) is 20.4 Å². The van der Waals surface area contributed by atoms with Crippen LogP contribution < -0.4 is 5.73 Å². The van der Waals surface area contributed by atoms with Gasteiger partial charge in [0.25, 0.3) is 5.69 Å². The smallest absolute Gasteiger partial charge is 0.320 e. The number of urea groups is 1. The molecule has 0 bridgehead atoms. The zero-order chi connectivity index (χ0) is 12.1. The van der Waals surface area contributed by atoms with Gasteiger partial charge in [-0.1, -0.05) is 12.1 Å². The second-order valence-electron chi connectivity index (χ2n) is 3.02. The minimum absolute atomic E-state index is 0.0239. The number of nitro groups is 1. The third kappa shape index (κ3) is 2.77.